The molecule has 348 valence electrons. The van der Waals surface area contributed by atoms with Crippen molar-refractivity contribution >= 4 is 40.5 Å². The number of halogens is 3. The lowest BCUT2D eigenvalue weighted by atomic mass is 9.53. The lowest BCUT2D eigenvalue weighted by Crippen LogP contribution is -2.49. The average molecular weight is 912 g/mol. The maximum atomic E-state index is 14.4. The van der Waals surface area contributed by atoms with Gasteiger partial charge in [0.15, 0.2) is 23.2 Å². The number of fused-ring (bicyclic) bond motifs is 4. The maximum absolute atomic E-state index is 14.4. The van der Waals surface area contributed by atoms with Crippen molar-refractivity contribution < 1.29 is 37.2 Å². The Hall–Kier alpha value is -6.31. The molecule has 2 aromatic carbocycles. The van der Waals surface area contributed by atoms with E-state index >= 15 is 0 Å². The third-order valence-corrected chi connectivity index (χ3v) is 14.9. The fourth-order valence-electron chi connectivity index (χ4n) is 10.8. The Morgan fingerprint density at radius 2 is 1.64 bits per heavy atom. The van der Waals surface area contributed by atoms with E-state index in [-0.39, 0.29) is 35.4 Å². The number of carbonyl (C=O) groups is 3. The van der Waals surface area contributed by atoms with Crippen LogP contribution < -0.4 is 26.1 Å². The first-order valence-electron chi connectivity index (χ1n) is 22.9. The molecule has 0 radical (unpaired) electrons. The molecule has 6 fully saturated rings. The van der Waals surface area contributed by atoms with Crippen LogP contribution in [0.1, 0.15) is 98.4 Å². The van der Waals surface area contributed by atoms with Crippen LogP contribution in [0.15, 0.2) is 39.6 Å². The van der Waals surface area contributed by atoms with E-state index in [0.717, 1.165) is 127 Å². The quantitative estimate of drug-likeness (QED) is 0.116. The minimum atomic E-state index is -1.79. The second-order valence-corrected chi connectivity index (χ2v) is 18.8. The molecule has 3 aromatic heterocycles. The SMILES string of the molecule is Cn1c(=O)n(C2CCC(=O)NC2=O)c2ccc(CCCN3CCN(c4nc(-c5nc(C67CCC(CNC(=O)c8cc(F)c(O)c(F)c8F)(CC6)CC7)no5)cc(N5CCCC5)n4)CC3)cc21. The van der Waals surface area contributed by atoms with Crippen LogP contribution in [0.3, 0.4) is 0 Å². The second kappa shape index (κ2) is 17.2. The van der Waals surface area contributed by atoms with Crippen LogP contribution in [0.2, 0.25) is 0 Å². The molecule has 6 aliphatic rings. The van der Waals surface area contributed by atoms with Gasteiger partial charge in [-0.25, -0.2) is 18.6 Å². The van der Waals surface area contributed by atoms with Gasteiger partial charge < -0.3 is 24.7 Å². The van der Waals surface area contributed by atoms with E-state index in [2.05, 4.69) is 30.5 Å². The number of rotatable bonds is 12. The molecule has 1 unspecified atom stereocenters. The van der Waals surface area contributed by atoms with Crippen LogP contribution in [-0.4, -0.2) is 109 Å². The van der Waals surface area contributed by atoms with E-state index in [1.54, 1.807) is 11.6 Å². The van der Waals surface area contributed by atoms with Gasteiger partial charge in [0, 0.05) is 70.8 Å². The van der Waals surface area contributed by atoms with E-state index in [9.17, 15) is 37.5 Å². The van der Waals surface area contributed by atoms with Gasteiger partial charge in [-0.2, -0.15) is 14.4 Å². The van der Waals surface area contributed by atoms with Crippen LogP contribution in [0.4, 0.5) is 24.9 Å². The zero-order chi connectivity index (χ0) is 45.9. The molecule has 1 atom stereocenters. The van der Waals surface area contributed by atoms with Crippen molar-refractivity contribution in [3.05, 3.63) is 75.2 Å². The molecule has 5 aromatic rings. The zero-order valence-corrected chi connectivity index (χ0v) is 36.8. The summed E-state index contributed by atoms with van der Waals surface area (Å²) in [4.78, 5) is 72.3. The molecule has 6 heterocycles. The highest BCUT2D eigenvalue weighted by Gasteiger charge is 2.52. The van der Waals surface area contributed by atoms with Gasteiger partial charge in [-0.1, -0.05) is 11.2 Å². The monoisotopic (exact) mass is 911 g/mol. The summed E-state index contributed by atoms with van der Waals surface area (Å²) in [5.74, 6) is -5.55. The van der Waals surface area contributed by atoms with E-state index in [1.165, 1.54) is 4.57 Å². The minimum Gasteiger partial charge on any atom is -0.503 e. The highest BCUT2D eigenvalue weighted by molar-refractivity contribution is 6.00. The van der Waals surface area contributed by atoms with Crippen LogP contribution in [-0.2, 0) is 28.5 Å². The summed E-state index contributed by atoms with van der Waals surface area (Å²) in [6.45, 7) is 6.05. The third kappa shape index (κ3) is 7.95. The van der Waals surface area contributed by atoms with Crippen molar-refractivity contribution in [2.24, 2.45) is 12.5 Å². The summed E-state index contributed by atoms with van der Waals surface area (Å²) in [5, 5.41) is 18.9. The third-order valence-electron chi connectivity index (χ3n) is 14.9. The summed E-state index contributed by atoms with van der Waals surface area (Å²) in [7, 11) is 1.71. The van der Waals surface area contributed by atoms with E-state index in [4.69, 9.17) is 19.5 Å². The first kappa shape index (κ1) is 43.6. The Kier molecular flexibility index (Phi) is 11.3. The molecule has 66 heavy (non-hydrogen) atoms. The molecule has 3 saturated heterocycles. The number of aromatic hydroxyl groups is 1. The number of aryl methyl sites for hydroxylation is 2. The van der Waals surface area contributed by atoms with Crippen molar-refractivity contribution in [1.82, 2.24) is 44.8 Å². The Balaban J connectivity index is 0.766. The smallest absolute Gasteiger partial charge is 0.329 e. The summed E-state index contributed by atoms with van der Waals surface area (Å²) in [5.41, 5.74) is 1.45. The largest absolute Gasteiger partial charge is 0.503 e. The minimum absolute atomic E-state index is 0.195. The van der Waals surface area contributed by atoms with E-state index in [0.29, 0.717) is 41.4 Å². The predicted molar refractivity (Wildman–Crippen MR) is 234 cm³/mol. The second-order valence-electron chi connectivity index (χ2n) is 18.8. The first-order chi connectivity index (χ1) is 31.8. The number of phenolic OH excluding ortho intramolecular Hbond substituents is 1. The van der Waals surface area contributed by atoms with Gasteiger partial charge in [-0.15, -0.1) is 0 Å². The lowest BCUT2D eigenvalue weighted by molar-refractivity contribution is -0.135. The summed E-state index contributed by atoms with van der Waals surface area (Å²) in [6.07, 6.45) is 8.84. The van der Waals surface area contributed by atoms with Gasteiger partial charge >= 0.3 is 5.69 Å². The van der Waals surface area contributed by atoms with Crippen molar-refractivity contribution in [2.75, 3.05) is 62.2 Å². The highest BCUT2D eigenvalue weighted by Crippen LogP contribution is 2.57. The van der Waals surface area contributed by atoms with Crippen molar-refractivity contribution in [3.8, 4) is 17.3 Å². The van der Waals surface area contributed by atoms with Gasteiger partial charge in [0.05, 0.1) is 16.6 Å². The normalized spacial score (nSPS) is 23.5. The molecule has 2 bridgehead atoms. The number of nitrogens with one attached hydrogen (secondary N) is 2. The molecule has 3 N–H and O–H groups in total. The number of phenols is 1. The molecule has 3 aliphatic heterocycles. The number of hydrogen-bond donors (Lipinski definition) is 3. The average Bonchev–Trinajstić information content (AvgIpc) is 4.12. The standard InChI is InChI=1S/C46H52F3N11O6/c1-56-33-23-27(6-7-31(33)60(44(56)65)32-8-9-35(61)53-40(32)64)5-4-16-57-19-21-59(22-20-57)43-51-30(25-34(52-43)58-17-2-3-18-58)41-54-42(55-66-41)46-13-10-45(11-14-46,12-15-46)26-50-39(63)28-24-29(47)38(62)37(49)36(28)48/h6-7,23-25,32,62H,2-5,8-22,26H2,1H3,(H,50,63)(H,53,61,64). The Morgan fingerprint density at radius 3 is 2.36 bits per heavy atom. The van der Waals surface area contributed by atoms with Gasteiger partial charge in [-0.3, -0.25) is 33.7 Å². The van der Waals surface area contributed by atoms with E-state index < -0.39 is 46.6 Å². The zero-order valence-electron chi connectivity index (χ0n) is 36.8. The topological polar surface area (TPSA) is 197 Å². The number of aromatic nitrogens is 6. The summed E-state index contributed by atoms with van der Waals surface area (Å²) >= 11 is 0. The van der Waals surface area contributed by atoms with Gasteiger partial charge in [0.2, 0.25) is 23.6 Å². The van der Waals surface area contributed by atoms with Gasteiger partial charge in [-0.05, 0) is 106 Å². The fourth-order valence-corrected chi connectivity index (χ4v) is 10.8. The van der Waals surface area contributed by atoms with Gasteiger partial charge in [0.1, 0.15) is 17.6 Å². The van der Waals surface area contributed by atoms with Gasteiger partial charge in [0.25, 0.3) is 11.8 Å². The highest BCUT2D eigenvalue weighted by atomic mass is 19.2. The Labute approximate surface area is 377 Å². The molecule has 3 saturated carbocycles. The predicted octanol–water partition coefficient (Wildman–Crippen LogP) is 4.66. The van der Waals surface area contributed by atoms with Crippen LogP contribution in [0.5, 0.6) is 5.75 Å². The Bertz CT molecular complexity index is 2770. The first-order valence-corrected chi connectivity index (χ1v) is 22.9. The number of imidazole rings is 1. The number of hydrogen-bond acceptors (Lipinski definition) is 13. The lowest BCUT2D eigenvalue weighted by Gasteiger charge is -2.52. The fraction of sp³-hybridized carbons (Fsp3) is 0.522. The van der Waals surface area contributed by atoms with Crippen molar-refractivity contribution in [1.29, 1.82) is 0 Å². The summed E-state index contributed by atoms with van der Waals surface area (Å²) < 4.78 is 51.3. The molecular weight excluding hydrogens is 860 g/mol. The maximum Gasteiger partial charge on any atom is 0.329 e. The molecule has 11 rings (SSSR count). The van der Waals surface area contributed by atoms with E-state index in [1.807, 2.05) is 24.3 Å². The van der Waals surface area contributed by atoms with Crippen molar-refractivity contribution in [2.45, 2.75) is 88.5 Å². The molecule has 17 nitrogen and oxygen atoms in total. The van der Waals surface area contributed by atoms with Crippen LogP contribution in [0.25, 0.3) is 22.6 Å². The molecule has 0 spiro atoms. The number of amides is 3. The number of carbonyl (C=O) groups excluding carboxylic acids is 3. The van der Waals surface area contributed by atoms with Crippen molar-refractivity contribution in [3.63, 3.8) is 0 Å². The molecule has 3 amide bonds. The molecular formula is C46H52F3N11O6. The molecule has 3 aliphatic carbocycles. The number of benzene rings is 2. The number of anilines is 2. The Morgan fingerprint density at radius 1 is 0.894 bits per heavy atom. The summed E-state index contributed by atoms with van der Waals surface area (Å²) in [6, 6.07) is 7.66. The number of nitrogens with zero attached hydrogens (tertiary/aromatic N) is 9. The number of piperidine rings is 1. The number of imide groups is 1. The van der Waals surface area contributed by atoms with Crippen LogP contribution in [0, 0.1) is 22.9 Å². The molecule has 20 heteroatoms. The van der Waals surface area contributed by atoms with Crippen LogP contribution >= 0.6 is 0 Å². The number of piperazine rings is 1.